The molecule has 4 nitrogen and oxygen atoms in total. The lowest BCUT2D eigenvalue weighted by Crippen LogP contribution is -2.01. The molecule has 0 aliphatic rings. The van der Waals surface area contributed by atoms with Gasteiger partial charge in [-0.25, -0.2) is 4.57 Å². The Morgan fingerprint density at radius 3 is 2.50 bits per heavy atom. The zero-order valence-corrected chi connectivity index (χ0v) is 7.39. The van der Waals surface area contributed by atoms with E-state index in [1.54, 1.807) is 0 Å². The Morgan fingerprint density at radius 1 is 1.70 bits per heavy atom. The molecule has 0 spiro atoms. The topological polar surface area (TPSA) is 66.8 Å². The fourth-order valence-electron chi connectivity index (χ4n) is 0.458. The molecular formula is C4H11O4PS. The van der Waals surface area contributed by atoms with Crippen molar-refractivity contribution < 1.29 is 18.9 Å². The zero-order valence-electron chi connectivity index (χ0n) is 5.60. The van der Waals surface area contributed by atoms with Gasteiger partial charge in [-0.1, -0.05) is 13.3 Å². The van der Waals surface area contributed by atoms with Crippen LogP contribution in [0, 0.1) is 0 Å². The van der Waals surface area contributed by atoms with Gasteiger partial charge in [0.25, 0.3) is 0 Å². The summed E-state index contributed by atoms with van der Waals surface area (Å²) in [7, 11) is -4.33. The number of rotatable bonds is 4. The van der Waals surface area contributed by atoms with E-state index in [2.05, 4.69) is 17.2 Å². The first kappa shape index (κ1) is 10.5. The maximum Gasteiger partial charge on any atom is 0.470 e. The molecule has 0 bridgehead atoms. The molecule has 0 amide bonds. The summed E-state index contributed by atoms with van der Waals surface area (Å²) in [6, 6.07) is 0. The van der Waals surface area contributed by atoms with E-state index in [4.69, 9.17) is 9.79 Å². The highest BCUT2D eigenvalue weighted by molar-refractivity contribution is 7.81. The number of thiol groups is 1. The monoisotopic (exact) mass is 186 g/mol. The van der Waals surface area contributed by atoms with Crippen LogP contribution in [0.25, 0.3) is 0 Å². The Labute approximate surface area is 65.2 Å². The van der Waals surface area contributed by atoms with Crippen molar-refractivity contribution in [3.8, 4) is 0 Å². The van der Waals surface area contributed by atoms with Gasteiger partial charge >= 0.3 is 7.82 Å². The van der Waals surface area contributed by atoms with E-state index in [1.807, 2.05) is 6.92 Å². The highest BCUT2D eigenvalue weighted by Gasteiger charge is 2.18. The molecule has 1 atom stereocenters. The van der Waals surface area contributed by atoms with Crippen molar-refractivity contribution in [1.82, 2.24) is 0 Å². The van der Waals surface area contributed by atoms with E-state index in [9.17, 15) is 4.57 Å². The van der Waals surface area contributed by atoms with Crippen LogP contribution in [-0.4, -0.2) is 15.2 Å². The summed E-state index contributed by atoms with van der Waals surface area (Å²) in [5, 5.41) is 0. The second-order valence-corrected chi connectivity index (χ2v) is 3.61. The van der Waals surface area contributed by atoms with Crippen molar-refractivity contribution in [3.63, 3.8) is 0 Å². The molecule has 0 aromatic carbocycles. The number of phosphoric acid groups is 1. The molecule has 10 heavy (non-hydrogen) atoms. The van der Waals surface area contributed by atoms with E-state index >= 15 is 0 Å². The van der Waals surface area contributed by atoms with Crippen molar-refractivity contribution in [1.29, 1.82) is 0 Å². The minimum atomic E-state index is -4.33. The molecule has 2 N–H and O–H groups in total. The predicted molar refractivity (Wildman–Crippen MR) is 40.8 cm³/mol. The number of hydrogen-bond acceptors (Lipinski definition) is 3. The van der Waals surface area contributed by atoms with Gasteiger partial charge in [-0.2, -0.15) is 0 Å². The number of hydrogen-bond donors (Lipinski definition) is 3. The van der Waals surface area contributed by atoms with Crippen molar-refractivity contribution in [2.24, 2.45) is 0 Å². The number of phosphoric ester groups is 1. The van der Waals surface area contributed by atoms with Gasteiger partial charge in [0.2, 0.25) is 0 Å². The maximum atomic E-state index is 10.1. The molecule has 0 aliphatic heterocycles. The van der Waals surface area contributed by atoms with Gasteiger partial charge < -0.3 is 9.79 Å². The van der Waals surface area contributed by atoms with Gasteiger partial charge in [0, 0.05) is 0 Å². The molecule has 6 heteroatoms. The fourth-order valence-corrected chi connectivity index (χ4v) is 1.51. The summed E-state index contributed by atoms with van der Waals surface area (Å²) < 4.78 is 14.3. The van der Waals surface area contributed by atoms with E-state index in [1.165, 1.54) is 0 Å². The summed E-state index contributed by atoms with van der Waals surface area (Å²) in [5.41, 5.74) is -0.661. The highest BCUT2D eigenvalue weighted by Crippen LogP contribution is 2.39. The average molecular weight is 186 g/mol. The van der Waals surface area contributed by atoms with Gasteiger partial charge in [0.15, 0.2) is 0 Å². The Balaban J connectivity index is 3.58. The zero-order chi connectivity index (χ0) is 8.20. The summed E-state index contributed by atoms with van der Waals surface area (Å²) in [5.74, 6) is 0. The Morgan fingerprint density at radius 2 is 2.20 bits per heavy atom. The Kier molecular flexibility index (Phi) is 4.56. The summed E-state index contributed by atoms with van der Waals surface area (Å²) in [6.45, 7) is 1.88. The highest BCUT2D eigenvalue weighted by atomic mass is 32.1. The molecule has 0 aromatic heterocycles. The first-order chi connectivity index (χ1) is 4.45. The third kappa shape index (κ3) is 6.58. The summed E-state index contributed by atoms with van der Waals surface area (Å²) in [6.07, 6.45) is 1.32. The van der Waals surface area contributed by atoms with Crippen molar-refractivity contribution in [2.75, 3.05) is 0 Å². The second-order valence-electron chi connectivity index (χ2n) is 1.84. The fraction of sp³-hybridized carbons (Fsp3) is 1.00. The van der Waals surface area contributed by atoms with E-state index in [0.717, 1.165) is 6.42 Å². The van der Waals surface area contributed by atoms with Gasteiger partial charge in [-0.05, 0) is 6.42 Å². The summed E-state index contributed by atoms with van der Waals surface area (Å²) >= 11 is 3.79. The van der Waals surface area contributed by atoms with Crippen LogP contribution >= 0.6 is 20.5 Å². The molecule has 0 rings (SSSR count). The van der Waals surface area contributed by atoms with Crippen LogP contribution < -0.4 is 0 Å². The molecule has 0 radical (unpaired) electrons. The third-order valence-electron chi connectivity index (χ3n) is 0.795. The van der Waals surface area contributed by atoms with E-state index < -0.39 is 13.3 Å². The first-order valence-corrected chi connectivity index (χ1v) is 4.92. The first-order valence-electron chi connectivity index (χ1n) is 2.87. The molecule has 1 unspecified atom stereocenters. The lowest BCUT2D eigenvalue weighted by Gasteiger charge is -2.10. The molecular weight excluding hydrogens is 175 g/mol. The standard InChI is InChI=1S/C4H11O4PS/c1-2-3-4(10)8-9(5,6)7/h4,10H,2-3H2,1H3,(H2,5,6,7). The Hall–Kier alpha value is 0.460. The molecule has 0 fully saturated rings. The van der Waals surface area contributed by atoms with E-state index in [-0.39, 0.29) is 0 Å². The van der Waals surface area contributed by atoms with Gasteiger partial charge in [0.1, 0.15) is 5.44 Å². The van der Waals surface area contributed by atoms with Crippen LogP contribution in [0.1, 0.15) is 19.8 Å². The smallest absolute Gasteiger partial charge is 0.303 e. The van der Waals surface area contributed by atoms with Crippen molar-refractivity contribution in [2.45, 2.75) is 25.2 Å². The third-order valence-corrected chi connectivity index (χ3v) is 1.85. The molecule has 0 aliphatic carbocycles. The molecule has 0 aromatic rings. The average Bonchev–Trinajstić information content (AvgIpc) is 1.59. The molecule has 0 saturated carbocycles. The van der Waals surface area contributed by atoms with Crippen LogP contribution in [0.3, 0.4) is 0 Å². The minimum absolute atomic E-state index is 0.536. The molecule has 0 saturated heterocycles. The lowest BCUT2D eigenvalue weighted by molar-refractivity contribution is 0.178. The van der Waals surface area contributed by atoms with Crippen molar-refractivity contribution in [3.05, 3.63) is 0 Å². The predicted octanol–water partition coefficient (Wildman–Crippen LogP) is 1.15. The van der Waals surface area contributed by atoms with Gasteiger partial charge in [-0.3, -0.25) is 4.52 Å². The summed E-state index contributed by atoms with van der Waals surface area (Å²) in [4.78, 5) is 16.5. The maximum absolute atomic E-state index is 10.1. The van der Waals surface area contributed by atoms with Crippen LogP contribution in [0.2, 0.25) is 0 Å². The molecule has 62 valence electrons. The molecule has 0 heterocycles. The van der Waals surface area contributed by atoms with Crippen LogP contribution in [0.5, 0.6) is 0 Å². The van der Waals surface area contributed by atoms with Crippen molar-refractivity contribution >= 4 is 20.5 Å². The minimum Gasteiger partial charge on any atom is -0.303 e. The van der Waals surface area contributed by atoms with Crippen LogP contribution in [0.4, 0.5) is 0 Å². The van der Waals surface area contributed by atoms with Crippen LogP contribution in [0.15, 0.2) is 0 Å². The van der Waals surface area contributed by atoms with Gasteiger partial charge in [-0.15, -0.1) is 12.6 Å². The normalized spacial score (nSPS) is 15.2. The second kappa shape index (κ2) is 4.36. The largest absolute Gasteiger partial charge is 0.470 e. The SMILES string of the molecule is CCCC(S)OP(=O)(O)O. The Bertz CT molecular complexity index is 133. The quantitative estimate of drug-likeness (QED) is 0.350. The van der Waals surface area contributed by atoms with E-state index in [0.29, 0.717) is 6.42 Å². The van der Waals surface area contributed by atoms with Crippen LogP contribution in [-0.2, 0) is 9.09 Å². The van der Waals surface area contributed by atoms with Gasteiger partial charge in [0.05, 0.1) is 0 Å². The lowest BCUT2D eigenvalue weighted by atomic mass is 10.4.